The summed E-state index contributed by atoms with van der Waals surface area (Å²) < 4.78 is 27.0. The molecule has 0 amide bonds. The molecule has 0 fully saturated rings. The van der Waals surface area contributed by atoms with Crippen molar-refractivity contribution in [3.63, 3.8) is 0 Å². The van der Waals surface area contributed by atoms with Crippen LogP contribution in [-0.2, 0) is 6.54 Å². The van der Waals surface area contributed by atoms with E-state index < -0.39 is 17.7 Å². The third kappa shape index (κ3) is 4.06. The largest absolute Gasteiger partial charge is 0.323 e. The predicted molar refractivity (Wildman–Crippen MR) is 78.5 cm³/mol. The van der Waals surface area contributed by atoms with Crippen LogP contribution < -0.4 is 5.73 Å². The van der Waals surface area contributed by atoms with E-state index in [4.69, 9.17) is 5.73 Å². The fourth-order valence-corrected chi connectivity index (χ4v) is 2.24. The van der Waals surface area contributed by atoms with Crippen molar-refractivity contribution >= 4 is 0 Å². The maximum Gasteiger partial charge on any atom is 0.163 e. The second kappa shape index (κ2) is 7.24. The third-order valence-electron chi connectivity index (χ3n) is 3.44. The van der Waals surface area contributed by atoms with Crippen LogP contribution >= 0.6 is 0 Å². The van der Waals surface area contributed by atoms with Crippen molar-refractivity contribution in [1.29, 1.82) is 0 Å². The highest BCUT2D eigenvalue weighted by molar-refractivity contribution is 5.22. The molecule has 1 aromatic carbocycles. The molecule has 1 atom stereocenters. The van der Waals surface area contributed by atoms with Crippen molar-refractivity contribution in [2.24, 2.45) is 5.73 Å². The number of likely N-dealkylation sites (N-methyl/N-ethyl adjacent to an activating group) is 1. The highest BCUT2D eigenvalue weighted by Crippen LogP contribution is 2.19. The molecule has 21 heavy (non-hydrogen) atoms. The SMILES string of the molecule is CCN(Cc1ccncc1)CC(N)c1cccc(F)c1F. The van der Waals surface area contributed by atoms with Crippen LogP contribution in [0.15, 0.2) is 42.7 Å². The van der Waals surface area contributed by atoms with Crippen molar-refractivity contribution in [3.05, 3.63) is 65.5 Å². The molecule has 0 aliphatic heterocycles. The van der Waals surface area contributed by atoms with Gasteiger partial charge in [0.15, 0.2) is 11.6 Å². The van der Waals surface area contributed by atoms with Gasteiger partial charge in [-0.3, -0.25) is 9.88 Å². The number of rotatable bonds is 6. The molecule has 0 radical (unpaired) electrons. The first-order valence-corrected chi connectivity index (χ1v) is 6.92. The van der Waals surface area contributed by atoms with Gasteiger partial charge >= 0.3 is 0 Å². The van der Waals surface area contributed by atoms with Gasteiger partial charge in [0.2, 0.25) is 0 Å². The van der Waals surface area contributed by atoms with Gasteiger partial charge in [-0.2, -0.15) is 0 Å². The number of benzene rings is 1. The highest BCUT2D eigenvalue weighted by atomic mass is 19.2. The molecule has 0 aliphatic rings. The van der Waals surface area contributed by atoms with E-state index in [1.54, 1.807) is 12.4 Å². The van der Waals surface area contributed by atoms with Gasteiger partial charge in [-0.15, -0.1) is 0 Å². The Bertz CT molecular complexity index is 575. The number of hydrogen-bond donors (Lipinski definition) is 1. The van der Waals surface area contributed by atoms with Gasteiger partial charge in [-0.1, -0.05) is 19.1 Å². The van der Waals surface area contributed by atoms with Gasteiger partial charge in [0.25, 0.3) is 0 Å². The lowest BCUT2D eigenvalue weighted by Crippen LogP contribution is -2.32. The normalized spacial score (nSPS) is 12.6. The van der Waals surface area contributed by atoms with Crippen LogP contribution in [0.25, 0.3) is 0 Å². The van der Waals surface area contributed by atoms with E-state index in [0.29, 0.717) is 13.1 Å². The Morgan fingerprint density at radius 3 is 2.57 bits per heavy atom. The van der Waals surface area contributed by atoms with E-state index >= 15 is 0 Å². The zero-order valence-electron chi connectivity index (χ0n) is 12.0. The van der Waals surface area contributed by atoms with Crippen molar-refractivity contribution in [3.8, 4) is 0 Å². The maximum atomic E-state index is 13.8. The fourth-order valence-electron chi connectivity index (χ4n) is 2.24. The zero-order valence-corrected chi connectivity index (χ0v) is 12.0. The molecule has 112 valence electrons. The van der Waals surface area contributed by atoms with E-state index in [1.807, 2.05) is 19.1 Å². The zero-order chi connectivity index (χ0) is 15.2. The number of nitrogens with zero attached hydrogens (tertiary/aromatic N) is 2. The minimum atomic E-state index is -0.861. The van der Waals surface area contributed by atoms with Crippen LogP contribution in [-0.4, -0.2) is 23.0 Å². The molecule has 0 saturated carbocycles. The van der Waals surface area contributed by atoms with Crippen molar-refractivity contribution < 1.29 is 8.78 Å². The monoisotopic (exact) mass is 291 g/mol. The van der Waals surface area contributed by atoms with Crippen LogP contribution in [0.5, 0.6) is 0 Å². The van der Waals surface area contributed by atoms with Gasteiger partial charge in [-0.25, -0.2) is 8.78 Å². The molecular formula is C16H19F2N3. The van der Waals surface area contributed by atoms with Gasteiger partial charge < -0.3 is 5.73 Å². The lowest BCUT2D eigenvalue weighted by molar-refractivity contribution is 0.260. The summed E-state index contributed by atoms with van der Waals surface area (Å²) in [7, 11) is 0. The third-order valence-corrected chi connectivity index (χ3v) is 3.44. The van der Waals surface area contributed by atoms with E-state index in [2.05, 4.69) is 9.88 Å². The van der Waals surface area contributed by atoms with Gasteiger partial charge in [0.05, 0.1) is 0 Å². The minimum Gasteiger partial charge on any atom is -0.323 e. The molecule has 2 N–H and O–H groups in total. The Balaban J connectivity index is 2.06. The first-order valence-electron chi connectivity index (χ1n) is 6.92. The van der Waals surface area contributed by atoms with Crippen LogP contribution in [0, 0.1) is 11.6 Å². The first-order chi connectivity index (χ1) is 10.1. The molecule has 0 saturated heterocycles. The summed E-state index contributed by atoms with van der Waals surface area (Å²) in [6.07, 6.45) is 3.46. The molecule has 0 aliphatic carbocycles. The van der Waals surface area contributed by atoms with Crippen molar-refractivity contribution in [2.75, 3.05) is 13.1 Å². The van der Waals surface area contributed by atoms with Crippen LogP contribution in [0.3, 0.4) is 0 Å². The van der Waals surface area contributed by atoms with E-state index in [9.17, 15) is 8.78 Å². The quantitative estimate of drug-likeness (QED) is 0.890. The average Bonchev–Trinajstić information content (AvgIpc) is 2.50. The summed E-state index contributed by atoms with van der Waals surface area (Å²) in [6.45, 7) is 3.94. The fraction of sp³-hybridized carbons (Fsp3) is 0.312. The van der Waals surface area contributed by atoms with Gasteiger partial charge in [-0.05, 0) is 30.3 Å². The van der Waals surface area contributed by atoms with Crippen molar-refractivity contribution in [1.82, 2.24) is 9.88 Å². The number of aromatic nitrogens is 1. The number of halogens is 2. The smallest absolute Gasteiger partial charge is 0.163 e. The lowest BCUT2D eigenvalue weighted by atomic mass is 10.1. The maximum absolute atomic E-state index is 13.8. The molecule has 3 nitrogen and oxygen atoms in total. The summed E-state index contributed by atoms with van der Waals surface area (Å²) in [5.41, 5.74) is 7.36. The average molecular weight is 291 g/mol. The summed E-state index contributed by atoms with van der Waals surface area (Å²) >= 11 is 0. The van der Waals surface area contributed by atoms with Crippen molar-refractivity contribution in [2.45, 2.75) is 19.5 Å². The number of hydrogen-bond acceptors (Lipinski definition) is 3. The standard InChI is InChI=1S/C16H19F2N3/c1-2-21(10-12-6-8-20-9-7-12)11-15(19)13-4-3-5-14(17)16(13)18/h3-9,15H,2,10-11,19H2,1H3. The molecule has 5 heteroatoms. The lowest BCUT2D eigenvalue weighted by Gasteiger charge is -2.24. The number of nitrogens with two attached hydrogens (primary N) is 1. The molecule has 1 aromatic heterocycles. The Hall–Kier alpha value is -1.85. The second-order valence-corrected chi connectivity index (χ2v) is 4.93. The highest BCUT2D eigenvalue weighted by Gasteiger charge is 2.17. The summed E-state index contributed by atoms with van der Waals surface area (Å²) in [4.78, 5) is 6.06. The molecule has 1 unspecified atom stereocenters. The summed E-state index contributed by atoms with van der Waals surface area (Å²) in [5.74, 6) is -1.72. The second-order valence-electron chi connectivity index (χ2n) is 4.93. The summed E-state index contributed by atoms with van der Waals surface area (Å²) in [6, 6.07) is 7.40. The first kappa shape index (κ1) is 15.5. The van der Waals surface area contributed by atoms with Gasteiger partial charge in [0.1, 0.15) is 0 Å². The number of pyridine rings is 1. The molecule has 0 bridgehead atoms. The molecule has 2 rings (SSSR count). The molecule has 2 aromatic rings. The minimum absolute atomic E-state index is 0.211. The summed E-state index contributed by atoms with van der Waals surface area (Å²) in [5, 5.41) is 0. The van der Waals surface area contributed by atoms with E-state index in [-0.39, 0.29) is 5.56 Å². The van der Waals surface area contributed by atoms with Gasteiger partial charge in [0, 0.05) is 37.1 Å². The Morgan fingerprint density at radius 1 is 1.19 bits per heavy atom. The van der Waals surface area contributed by atoms with E-state index in [1.165, 1.54) is 12.1 Å². The van der Waals surface area contributed by atoms with Crippen LogP contribution in [0.4, 0.5) is 8.78 Å². The topological polar surface area (TPSA) is 42.2 Å². The van der Waals surface area contributed by atoms with Crippen LogP contribution in [0.2, 0.25) is 0 Å². The molecular weight excluding hydrogens is 272 g/mol. The predicted octanol–water partition coefficient (Wildman–Crippen LogP) is 2.88. The van der Waals surface area contributed by atoms with E-state index in [0.717, 1.165) is 18.2 Å². The molecule has 1 heterocycles. The Labute approximate surface area is 123 Å². The Morgan fingerprint density at radius 2 is 1.90 bits per heavy atom. The Kier molecular flexibility index (Phi) is 5.36. The molecule has 0 spiro atoms. The van der Waals surface area contributed by atoms with Crippen LogP contribution in [0.1, 0.15) is 24.1 Å².